The van der Waals surface area contributed by atoms with E-state index in [-0.39, 0.29) is 12.5 Å². The minimum atomic E-state index is -0.874. The standard InChI is InChI=1S/C10H20O4.C10H18O4/c2*1-3-4-5-6-9(10(11)12)7-8-14-13-2/h9H,3-8H2,1-2H3,(H,11,12);6H,3-5,7-8H2,1-2H3,(H,11,12)/b;9-6-. The van der Waals surface area contributed by atoms with Gasteiger partial charge >= 0.3 is 11.9 Å². The summed E-state index contributed by atoms with van der Waals surface area (Å²) < 4.78 is 0. The van der Waals surface area contributed by atoms with Gasteiger partial charge in [-0.05, 0) is 19.3 Å². The van der Waals surface area contributed by atoms with Gasteiger partial charge in [-0.25, -0.2) is 24.3 Å². The van der Waals surface area contributed by atoms with Crippen molar-refractivity contribution in [3.8, 4) is 0 Å². The molecule has 0 aliphatic heterocycles. The molecule has 0 bridgehead atoms. The zero-order valence-corrected chi connectivity index (χ0v) is 17.8. The van der Waals surface area contributed by atoms with Gasteiger partial charge < -0.3 is 10.2 Å². The Labute approximate surface area is 168 Å². The number of rotatable bonds is 17. The molecule has 0 aliphatic rings. The van der Waals surface area contributed by atoms with Crippen LogP contribution in [0.4, 0.5) is 0 Å². The SMILES string of the molecule is CCCC/C=C(/CCOOC)C(=O)O.CCCCCC(CCOOC)C(=O)O. The zero-order chi connectivity index (χ0) is 21.6. The lowest BCUT2D eigenvalue weighted by molar-refractivity contribution is -0.274. The molecule has 1 unspecified atom stereocenters. The summed E-state index contributed by atoms with van der Waals surface area (Å²) in [5.41, 5.74) is 0.399. The number of hydrogen-bond acceptors (Lipinski definition) is 6. The highest BCUT2D eigenvalue weighted by molar-refractivity contribution is 5.86. The number of carboxylic acids is 2. The van der Waals surface area contributed by atoms with E-state index in [0.29, 0.717) is 25.0 Å². The molecule has 0 saturated heterocycles. The maximum Gasteiger partial charge on any atom is 0.331 e. The molecule has 0 fully saturated rings. The Bertz CT molecular complexity index is 399. The van der Waals surface area contributed by atoms with Crippen LogP contribution in [0.5, 0.6) is 0 Å². The van der Waals surface area contributed by atoms with E-state index in [1.807, 2.05) is 0 Å². The van der Waals surface area contributed by atoms with E-state index in [0.717, 1.165) is 44.9 Å². The zero-order valence-electron chi connectivity index (χ0n) is 17.8. The predicted molar refractivity (Wildman–Crippen MR) is 106 cm³/mol. The fourth-order valence-corrected chi connectivity index (χ4v) is 2.32. The Morgan fingerprint density at radius 2 is 1.50 bits per heavy atom. The lowest BCUT2D eigenvalue weighted by Crippen LogP contribution is -2.16. The molecule has 0 aliphatic carbocycles. The molecule has 8 heteroatoms. The summed E-state index contributed by atoms with van der Waals surface area (Å²) in [5, 5.41) is 17.7. The molecule has 28 heavy (non-hydrogen) atoms. The molecule has 1 atom stereocenters. The van der Waals surface area contributed by atoms with Gasteiger partial charge in [-0.15, -0.1) is 0 Å². The quantitative estimate of drug-likeness (QED) is 0.158. The summed E-state index contributed by atoms with van der Waals surface area (Å²) in [5.74, 6) is -1.90. The highest BCUT2D eigenvalue weighted by Gasteiger charge is 2.16. The van der Waals surface area contributed by atoms with Crippen LogP contribution in [-0.2, 0) is 29.1 Å². The van der Waals surface area contributed by atoms with Gasteiger partial charge in [0.25, 0.3) is 0 Å². The van der Waals surface area contributed by atoms with E-state index in [2.05, 4.69) is 33.4 Å². The Hall–Kier alpha value is -1.48. The van der Waals surface area contributed by atoms with Gasteiger partial charge in [0.1, 0.15) is 0 Å². The number of allylic oxidation sites excluding steroid dienone is 1. The highest BCUT2D eigenvalue weighted by Crippen LogP contribution is 2.14. The van der Waals surface area contributed by atoms with Crippen molar-refractivity contribution < 1.29 is 39.4 Å². The fourth-order valence-electron chi connectivity index (χ4n) is 2.32. The van der Waals surface area contributed by atoms with E-state index in [4.69, 9.17) is 10.2 Å². The second kappa shape index (κ2) is 21.8. The second-order valence-corrected chi connectivity index (χ2v) is 6.22. The first kappa shape index (κ1) is 28.7. The largest absolute Gasteiger partial charge is 0.481 e. The van der Waals surface area contributed by atoms with Gasteiger partial charge in [0.15, 0.2) is 0 Å². The van der Waals surface area contributed by atoms with Crippen LogP contribution in [0.25, 0.3) is 0 Å². The van der Waals surface area contributed by atoms with E-state index < -0.39 is 11.9 Å². The molecular weight excluding hydrogens is 368 g/mol. The Balaban J connectivity index is 0. The van der Waals surface area contributed by atoms with Crippen molar-refractivity contribution in [1.82, 2.24) is 0 Å². The number of aliphatic carboxylic acids is 2. The van der Waals surface area contributed by atoms with E-state index in [1.165, 1.54) is 14.2 Å². The molecule has 0 amide bonds. The third-order valence-electron chi connectivity index (χ3n) is 3.97. The molecule has 0 aromatic carbocycles. The predicted octanol–water partition coefficient (Wildman–Crippen LogP) is 4.39. The van der Waals surface area contributed by atoms with E-state index >= 15 is 0 Å². The van der Waals surface area contributed by atoms with E-state index in [1.54, 1.807) is 6.08 Å². The van der Waals surface area contributed by atoms with Crippen LogP contribution < -0.4 is 0 Å². The van der Waals surface area contributed by atoms with Crippen LogP contribution in [0.2, 0.25) is 0 Å². The normalized spacial score (nSPS) is 12.2. The first-order valence-electron chi connectivity index (χ1n) is 9.90. The van der Waals surface area contributed by atoms with Crippen molar-refractivity contribution in [3.63, 3.8) is 0 Å². The molecule has 0 aromatic rings. The van der Waals surface area contributed by atoms with Crippen LogP contribution in [0.1, 0.15) is 71.6 Å². The van der Waals surface area contributed by atoms with Crippen LogP contribution in [-0.4, -0.2) is 49.6 Å². The minimum Gasteiger partial charge on any atom is -0.481 e. The van der Waals surface area contributed by atoms with Crippen LogP contribution in [0.15, 0.2) is 11.6 Å². The van der Waals surface area contributed by atoms with Crippen molar-refractivity contribution >= 4 is 11.9 Å². The van der Waals surface area contributed by atoms with Crippen molar-refractivity contribution in [2.45, 2.75) is 71.6 Å². The lowest BCUT2D eigenvalue weighted by Gasteiger charge is -2.10. The molecule has 166 valence electrons. The lowest BCUT2D eigenvalue weighted by atomic mass is 9.98. The Morgan fingerprint density at radius 3 is 2.00 bits per heavy atom. The van der Waals surface area contributed by atoms with Gasteiger partial charge in [-0.1, -0.05) is 52.0 Å². The van der Waals surface area contributed by atoms with Crippen molar-refractivity contribution in [2.75, 3.05) is 27.4 Å². The Kier molecular flexibility index (Phi) is 22.4. The molecule has 0 saturated carbocycles. The number of carbonyl (C=O) groups is 2. The molecule has 8 nitrogen and oxygen atoms in total. The van der Waals surface area contributed by atoms with E-state index in [9.17, 15) is 9.59 Å². The van der Waals surface area contributed by atoms with Crippen molar-refractivity contribution in [1.29, 1.82) is 0 Å². The minimum absolute atomic E-state index is 0.279. The average Bonchev–Trinajstić information content (AvgIpc) is 2.66. The number of carboxylic acid groups (broad SMARTS) is 2. The van der Waals surface area contributed by atoms with Gasteiger partial charge in [-0.2, -0.15) is 0 Å². The average molecular weight is 407 g/mol. The summed E-state index contributed by atoms with van der Waals surface area (Å²) in [6, 6.07) is 0. The maximum atomic E-state index is 10.8. The third kappa shape index (κ3) is 19.3. The monoisotopic (exact) mass is 406 g/mol. The maximum absolute atomic E-state index is 10.8. The smallest absolute Gasteiger partial charge is 0.331 e. The first-order valence-corrected chi connectivity index (χ1v) is 9.90. The first-order chi connectivity index (χ1) is 13.4. The fraction of sp³-hybridized carbons (Fsp3) is 0.800. The molecule has 0 heterocycles. The second-order valence-electron chi connectivity index (χ2n) is 6.22. The summed E-state index contributed by atoms with van der Waals surface area (Å²) in [7, 11) is 2.83. The molecule has 0 spiro atoms. The summed E-state index contributed by atoms with van der Waals surface area (Å²) in [6.07, 6.45) is 9.46. The number of hydrogen-bond donors (Lipinski definition) is 2. The molecule has 0 rings (SSSR count). The van der Waals surface area contributed by atoms with Gasteiger partial charge in [0.2, 0.25) is 0 Å². The topological polar surface area (TPSA) is 112 Å². The van der Waals surface area contributed by atoms with Gasteiger partial charge in [0.05, 0.1) is 33.4 Å². The van der Waals surface area contributed by atoms with Crippen LogP contribution in [0.3, 0.4) is 0 Å². The Morgan fingerprint density at radius 1 is 0.893 bits per heavy atom. The molecular formula is C20H38O8. The van der Waals surface area contributed by atoms with Crippen LogP contribution in [0, 0.1) is 5.92 Å². The summed E-state index contributed by atoms with van der Waals surface area (Å²) >= 11 is 0. The summed E-state index contributed by atoms with van der Waals surface area (Å²) in [4.78, 5) is 39.6. The molecule has 2 N–H and O–H groups in total. The molecule has 0 aromatic heterocycles. The van der Waals surface area contributed by atoms with Crippen molar-refractivity contribution in [2.24, 2.45) is 5.92 Å². The van der Waals surface area contributed by atoms with Gasteiger partial charge in [0, 0.05) is 12.0 Å². The number of unbranched alkanes of at least 4 members (excludes halogenated alkanes) is 4. The molecule has 0 radical (unpaired) electrons. The third-order valence-corrected chi connectivity index (χ3v) is 3.97. The van der Waals surface area contributed by atoms with Gasteiger partial charge in [-0.3, -0.25) is 4.79 Å². The van der Waals surface area contributed by atoms with Crippen molar-refractivity contribution in [3.05, 3.63) is 11.6 Å². The highest BCUT2D eigenvalue weighted by atomic mass is 17.2. The van der Waals surface area contributed by atoms with Crippen LogP contribution >= 0.6 is 0 Å². The summed E-state index contributed by atoms with van der Waals surface area (Å²) in [6.45, 7) is 4.80.